The maximum absolute atomic E-state index is 10.9. The van der Waals surface area contributed by atoms with Crippen LogP contribution >= 0.6 is 90.4 Å². The fraction of sp³-hybridized carbons (Fsp3) is 0.133. The highest BCUT2D eigenvalue weighted by Crippen LogP contribution is 2.36. The van der Waals surface area contributed by atoms with Crippen molar-refractivity contribution in [3.8, 4) is 17.2 Å². The third-order valence-corrected chi connectivity index (χ3v) is 6.29. The van der Waals surface area contributed by atoms with Crippen LogP contribution in [0, 0.1) is 14.3 Å². The molecule has 0 fully saturated rings. The van der Waals surface area contributed by atoms with Gasteiger partial charge >= 0.3 is 5.97 Å². The highest BCUT2D eigenvalue weighted by atomic mass is 127. The minimum atomic E-state index is -1.02. The maximum atomic E-state index is 10.9. The van der Waals surface area contributed by atoms with E-state index in [1.54, 1.807) is 12.1 Å². The van der Waals surface area contributed by atoms with E-state index < -0.39 is 12.0 Å². The molecule has 2 rings (SSSR count). The minimum absolute atomic E-state index is 0. The predicted molar refractivity (Wildman–Crippen MR) is 143 cm³/mol. The fourth-order valence-corrected chi connectivity index (χ4v) is 5.72. The summed E-state index contributed by atoms with van der Waals surface area (Å²) in [6, 6.07) is 6.34. The van der Waals surface area contributed by atoms with Crippen molar-refractivity contribution in [1.29, 1.82) is 0 Å². The van der Waals surface area contributed by atoms with Crippen LogP contribution in [-0.2, 0) is 11.2 Å². The summed E-state index contributed by atoms with van der Waals surface area (Å²) in [5, 5.41) is 18.8. The first-order chi connectivity index (χ1) is 11.2. The van der Waals surface area contributed by atoms with Gasteiger partial charge in [0, 0.05) is 0 Å². The van der Waals surface area contributed by atoms with Gasteiger partial charge < -0.3 is 48.1 Å². The molecule has 14 N–H and O–H groups in total. The molecule has 2 aromatic rings. The Morgan fingerprint density at radius 1 is 0.897 bits per heavy atom. The summed E-state index contributed by atoms with van der Waals surface area (Å²) in [7, 11) is 0. The third-order valence-electron chi connectivity index (χ3n) is 3.04. The van der Waals surface area contributed by atoms with E-state index in [1.807, 2.05) is 12.1 Å². The quantitative estimate of drug-likeness (QED) is 0.361. The number of ether oxygens (including phenoxy) is 1. The predicted octanol–water partition coefficient (Wildman–Crippen LogP) is 0.434. The molecule has 0 aliphatic carbocycles. The van der Waals surface area contributed by atoms with Gasteiger partial charge in [0.05, 0.1) is 14.3 Å². The van der Waals surface area contributed by atoms with Gasteiger partial charge in [0.2, 0.25) is 0 Å². The van der Waals surface area contributed by atoms with Crippen LogP contribution in [0.1, 0.15) is 5.56 Å². The monoisotopic (exact) mass is 867 g/mol. The Morgan fingerprint density at radius 2 is 1.31 bits per heavy atom. The number of benzene rings is 2. The Kier molecular flexibility index (Phi) is 20.1. The number of halogens is 4. The summed E-state index contributed by atoms with van der Waals surface area (Å²) >= 11 is 8.42. The van der Waals surface area contributed by atoms with E-state index in [9.17, 15) is 9.90 Å². The molecule has 0 bridgehead atoms. The number of hydrogen-bond acceptors (Lipinski definition) is 4. The van der Waals surface area contributed by atoms with Crippen molar-refractivity contribution >= 4 is 96.3 Å². The minimum Gasteiger partial charge on any atom is -0.506 e. The molecule has 0 aromatic heterocycles. The van der Waals surface area contributed by atoms with Crippen molar-refractivity contribution in [3.63, 3.8) is 0 Å². The van der Waals surface area contributed by atoms with Gasteiger partial charge in [-0.05, 0) is 127 Å². The van der Waals surface area contributed by atoms with Gasteiger partial charge in [-0.1, -0.05) is 0 Å². The second-order valence-electron chi connectivity index (χ2n) is 4.88. The first-order valence-electron chi connectivity index (χ1n) is 6.51. The Labute approximate surface area is 220 Å². The molecule has 0 aliphatic heterocycles. The maximum Gasteiger partial charge on any atom is 0.320 e. The van der Waals surface area contributed by atoms with E-state index in [2.05, 4.69) is 90.4 Å². The van der Waals surface area contributed by atoms with Crippen LogP contribution in [0.2, 0.25) is 0 Å². The molecule has 0 unspecified atom stereocenters. The number of nitrogens with two attached hydrogens (primary N) is 1. The molecule has 0 heterocycles. The lowest BCUT2D eigenvalue weighted by atomic mass is 10.1. The summed E-state index contributed by atoms with van der Waals surface area (Å²) < 4.78 is 9.14. The summed E-state index contributed by atoms with van der Waals surface area (Å²) in [6.07, 6.45) is 0.261. The highest BCUT2D eigenvalue weighted by Gasteiger charge is 2.16. The van der Waals surface area contributed by atoms with Crippen molar-refractivity contribution < 1.29 is 47.1 Å². The van der Waals surface area contributed by atoms with Crippen LogP contribution in [0.5, 0.6) is 17.2 Å². The molecule has 0 aliphatic rings. The fourth-order valence-electron chi connectivity index (χ4n) is 1.89. The molecule has 0 saturated heterocycles. The second-order valence-corrected chi connectivity index (χ2v) is 9.52. The number of carbonyl (C=O) groups is 1. The molecule has 10 nitrogen and oxygen atoms in total. The number of carboxylic acid groups (broad SMARTS) is 1. The average molecular weight is 867 g/mol. The summed E-state index contributed by atoms with van der Waals surface area (Å²) in [6.45, 7) is 0. The lowest BCUT2D eigenvalue weighted by molar-refractivity contribution is -0.138. The zero-order valence-electron chi connectivity index (χ0n) is 14.4. The second kappa shape index (κ2) is 15.9. The number of hydrogen-bond donors (Lipinski definition) is 3. The number of aromatic hydroxyl groups is 1. The first kappa shape index (κ1) is 36.6. The largest absolute Gasteiger partial charge is 0.506 e. The van der Waals surface area contributed by atoms with Crippen molar-refractivity contribution in [3.05, 3.63) is 44.1 Å². The molecule has 168 valence electrons. The summed E-state index contributed by atoms with van der Waals surface area (Å²) in [5.74, 6) is 0.549. The Balaban J connectivity index is -0.000000625. The molecule has 0 saturated carbocycles. The standard InChI is InChI=1S/C15H11I4NO4.5H2O/c16-8-4-7(5-9(17)13(8)21)24-14-10(18)1-6(2-11(14)19)3-12(20)15(22)23;;;;;/h1-2,4-5,12,21H,3,20H2,(H,22,23);5*1H2/t12-;;;;;/m0...../s1. The number of rotatable bonds is 5. The molecule has 0 radical (unpaired) electrons. The lowest BCUT2D eigenvalue weighted by Crippen LogP contribution is -2.32. The highest BCUT2D eigenvalue weighted by molar-refractivity contribution is 14.1. The smallest absolute Gasteiger partial charge is 0.320 e. The SMILES string of the molecule is N[C@@H](Cc1cc(I)c(Oc2cc(I)c(O)c(I)c2)c(I)c1)C(=O)O.O.O.O.O.O. The molecular weight excluding hydrogens is 846 g/mol. The van der Waals surface area contributed by atoms with Crippen LogP contribution in [-0.4, -0.2) is 49.6 Å². The van der Waals surface area contributed by atoms with E-state index in [-0.39, 0.29) is 39.6 Å². The average Bonchev–Trinajstić information content (AvgIpc) is 2.48. The summed E-state index contributed by atoms with van der Waals surface area (Å²) in [4.78, 5) is 10.9. The van der Waals surface area contributed by atoms with E-state index in [0.717, 1.165) is 12.7 Å². The van der Waals surface area contributed by atoms with Crippen LogP contribution in [0.15, 0.2) is 24.3 Å². The number of phenolic OH excluding ortho intramolecular Hbond substituents is 1. The zero-order valence-corrected chi connectivity index (χ0v) is 23.0. The summed E-state index contributed by atoms with van der Waals surface area (Å²) in [5.41, 5.74) is 6.44. The van der Waals surface area contributed by atoms with Gasteiger partial charge in [0.1, 0.15) is 17.5 Å². The van der Waals surface area contributed by atoms with E-state index >= 15 is 0 Å². The van der Waals surface area contributed by atoms with Gasteiger partial charge in [0.25, 0.3) is 0 Å². The number of carboxylic acids is 1. The van der Waals surface area contributed by atoms with Gasteiger partial charge in [0.15, 0.2) is 5.75 Å². The molecule has 0 amide bonds. The zero-order chi connectivity index (χ0) is 18.0. The van der Waals surface area contributed by atoms with Crippen LogP contribution in [0.25, 0.3) is 0 Å². The Hall–Kier alpha value is 0.190. The Bertz CT molecular complexity index is 761. The van der Waals surface area contributed by atoms with Crippen LogP contribution < -0.4 is 10.5 Å². The molecule has 14 heteroatoms. The number of phenols is 1. The normalized spacial score (nSPS) is 9.97. The van der Waals surface area contributed by atoms with Crippen molar-refractivity contribution in [1.82, 2.24) is 0 Å². The van der Waals surface area contributed by atoms with Crippen molar-refractivity contribution in [2.24, 2.45) is 5.73 Å². The third kappa shape index (κ3) is 9.90. The van der Waals surface area contributed by atoms with Gasteiger partial charge in [-0.15, -0.1) is 0 Å². The molecular formula is C15H21I4NO9. The van der Waals surface area contributed by atoms with E-state index in [1.165, 1.54) is 0 Å². The molecule has 1 atom stereocenters. The van der Waals surface area contributed by atoms with E-state index in [0.29, 0.717) is 18.6 Å². The van der Waals surface area contributed by atoms with Crippen molar-refractivity contribution in [2.45, 2.75) is 12.5 Å². The molecule has 0 spiro atoms. The topological polar surface area (TPSA) is 250 Å². The molecule has 2 aromatic carbocycles. The number of aliphatic carboxylic acids is 1. The van der Waals surface area contributed by atoms with Crippen LogP contribution in [0.4, 0.5) is 0 Å². The van der Waals surface area contributed by atoms with Crippen LogP contribution in [0.3, 0.4) is 0 Å². The van der Waals surface area contributed by atoms with Gasteiger partial charge in [-0.25, -0.2) is 0 Å². The van der Waals surface area contributed by atoms with Crippen molar-refractivity contribution in [2.75, 3.05) is 0 Å². The van der Waals surface area contributed by atoms with Gasteiger partial charge in [-0.2, -0.15) is 0 Å². The van der Waals surface area contributed by atoms with E-state index in [4.69, 9.17) is 15.6 Å². The Morgan fingerprint density at radius 3 is 1.69 bits per heavy atom. The molecule has 29 heavy (non-hydrogen) atoms. The lowest BCUT2D eigenvalue weighted by Gasteiger charge is -2.14. The first-order valence-corrected chi connectivity index (χ1v) is 10.8. The van der Waals surface area contributed by atoms with Gasteiger partial charge in [-0.3, -0.25) is 4.79 Å².